The van der Waals surface area contributed by atoms with Gasteiger partial charge in [0.05, 0.1) is 0 Å². The molecule has 0 aromatic rings. The van der Waals surface area contributed by atoms with Gasteiger partial charge in [0.2, 0.25) is 0 Å². The summed E-state index contributed by atoms with van der Waals surface area (Å²) >= 11 is 0. The zero-order chi connectivity index (χ0) is 58.5. The average Bonchev–Trinajstić information content (AvgIpc) is 3.47. The van der Waals surface area contributed by atoms with Crippen LogP contribution >= 0.6 is 0 Å². The van der Waals surface area contributed by atoms with Crippen LogP contribution in [0.5, 0.6) is 0 Å². The third kappa shape index (κ3) is 66.2. The lowest BCUT2D eigenvalue weighted by atomic mass is 10.0. The quantitative estimate of drug-likeness (QED) is 0.0261. The number of hydrogen-bond acceptors (Lipinski definition) is 6. The maximum absolute atomic E-state index is 12.9. The zero-order valence-electron chi connectivity index (χ0n) is 52.8. The maximum Gasteiger partial charge on any atom is 0.306 e. The Balaban J connectivity index is 4.49. The number of allylic oxidation sites excluding steroid dienone is 22. The van der Waals surface area contributed by atoms with E-state index in [9.17, 15) is 14.4 Å². The van der Waals surface area contributed by atoms with Crippen molar-refractivity contribution >= 4 is 17.9 Å². The second-order valence-electron chi connectivity index (χ2n) is 22.0. The third-order valence-corrected chi connectivity index (χ3v) is 14.2. The molecule has 0 aliphatic rings. The number of carbonyl (C=O) groups excluding carboxylic acids is 3. The van der Waals surface area contributed by atoms with Gasteiger partial charge in [-0.2, -0.15) is 0 Å². The van der Waals surface area contributed by atoms with E-state index >= 15 is 0 Å². The first-order valence-corrected chi connectivity index (χ1v) is 33.7. The molecule has 0 aliphatic heterocycles. The lowest BCUT2D eigenvalue weighted by molar-refractivity contribution is -0.167. The molecule has 6 nitrogen and oxygen atoms in total. The molecule has 0 saturated heterocycles. The highest BCUT2D eigenvalue weighted by molar-refractivity contribution is 5.71. The molecule has 0 rings (SSSR count). The highest BCUT2D eigenvalue weighted by Gasteiger charge is 2.19. The second-order valence-corrected chi connectivity index (χ2v) is 22.0. The molecule has 0 aromatic carbocycles. The molecule has 0 N–H and O–H groups in total. The summed E-state index contributed by atoms with van der Waals surface area (Å²) in [4.78, 5) is 38.4. The van der Waals surface area contributed by atoms with Crippen LogP contribution in [0.2, 0.25) is 0 Å². The molecule has 1 unspecified atom stereocenters. The van der Waals surface area contributed by atoms with Gasteiger partial charge in [-0.25, -0.2) is 0 Å². The summed E-state index contributed by atoms with van der Waals surface area (Å²) in [5.74, 6) is -0.933. The van der Waals surface area contributed by atoms with Gasteiger partial charge in [-0.1, -0.05) is 302 Å². The first-order valence-electron chi connectivity index (χ1n) is 33.7. The molecule has 81 heavy (non-hydrogen) atoms. The largest absolute Gasteiger partial charge is 0.462 e. The first kappa shape index (κ1) is 76.5. The van der Waals surface area contributed by atoms with Gasteiger partial charge in [0.25, 0.3) is 0 Å². The third-order valence-electron chi connectivity index (χ3n) is 14.2. The van der Waals surface area contributed by atoms with Crippen molar-refractivity contribution in [1.29, 1.82) is 0 Å². The molecule has 0 saturated carbocycles. The lowest BCUT2D eigenvalue weighted by Gasteiger charge is -2.18. The van der Waals surface area contributed by atoms with Crippen LogP contribution in [-0.2, 0) is 28.6 Å². The molecule has 0 aromatic heterocycles. The van der Waals surface area contributed by atoms with Gasteiger partial charge in [-0.15, -0.1) is 0 Å². The van der Waals surface area contributed by atoms with Crippen LogP contribution < -0.4 is 0 Å². The fraction of sp³-hybridized carbons (Fsp3) is 0.667. The van der Waals surface area contributed by atoms with Crippen LogP contribution in [0.4, 0.5) is 0 Å². The molecule has 6 heteroatoms. The van der Waals surface area contributed by atoms with Gasteiger partial charge in [-0.3, -0.25) is 14.4 Å². The summed E-state index contributed by atoms with van der Waals surface area (Å²) in [6.45, 7) is 6.40. The van der Waals surface area contributed by atoms with E-state index in [2.05, 4.69) is 154 Å². The summed E-state index contributed by atoms with van der Waals surface area (Å²) in [6, 6.07) is 0. The van der Waals surface area contributed by atoms with Crippen LogP contribution in [0.25, 0.3) is 0 Å². The fourth-order valence-corrected chi connectivity index (χ4v) is 9.18. The van der Waals surface area contributed by atoms with Crippen molar-refractivity contribution in [2.45, 2.75) is 309 Å². The van der Waals surface area contributed by atoms with Crippen molar-refractivity contribution in [2.24, 2.45) is 0 Å². The van der Waals surface area contributed by atoms with Crippen molar-refractivity contribution < 1.29 is 28.6 Å². The molecule has 0 radical (unpaired) electrons. The minimum absolute atomic E-state index is 0.0959. The van der Waals surface area contributed by atoms with Gasteiger partial charge in [-0.05, 0) is 116 Å². The van der Waals surface area contributed by atoms with Gasteiger partial charge >= 0.3 is 17.9 Å². The van der Waals surface area contributed by atoms with E-state index < -0.39 is 6.10 Å². The molecule has 460 valence electrons. The van der Waals surface area contributed by atoms with E-state index in [1.807, 2.05) is 0 Å². The normalized spacial score (nSPS) is 13.0. The summed E-state index contributed by atoms with van der Waals surface area (Å²) in [7, 11) is 0. The molecule has 0 bridgehead atoms. The van der Waals surface area contributed by atoms with Crippen molar-refractivity contribution in [3.05, 3.63) is 134 Å². The molecular weight excluding hydrogens is 997 g/mol. The number of esters is 3. The summed E-state index contributed by atoms with van der Waals surface area (Å²) in [6.07, 6.45) is 96.0. The highest BCUT2D eigenvalue weighted by Crippen LogP contribution is 2.16. The van der Waals surface area contributed by atoms with Crippen LogP contribution in [0.3, 0.4) is 0 Å². The van der Waals surface area contributed by atoms with Crippen molar-refractivity contribution in [2.75, 3.05) is 13.2 Å². The molecule has 0 fully saturated rings. The second kappa shape index (κ2) is 68.1. The molecular formula is C75H124O6. The van der Waals surface area contributed by atoms with Crippen molar-refractivity contribution in [3.8, 4) is 0 Å². The van der Waals surface area contributed by atoms with Gasteiger partial charge in [0.1, 0.15) is 13.2 Å². The zero-order valence-corrected chi connectivity index (χ0v) is 52.8. The van der Waals surface area contributed by atoms with Crippen LogP contribution in [0.15, 0.2) is 134 Å². The van der Waals surface area contributed by atoms with Gasteiger partial charge in [0.15, 0.2) is 6.10 Å². The number of ether oxygens (including phenoxy) is 3. The average molecular weight is 1120 g/mol. The SMILES string of the molecule is CC/C=C\C/C=C\C/C=C\C/C=C\C/C=C\C/C=C\CCCCCCC(=O)OCC(COC(=O)CCCCCCCCCCCCCCCCCCCCC)OC(=O)CCCCCCC/C=C\C/C=C\C/C=C\C/C=C\C/C=C\CC. The molecule has 0 spiro atoms. The van der Waals surface area contributed by atoms with Gasteiger partial charge < -0.3 is 14.2 Å². The first-order chi connectivity index (χ1) is 40.0. The van der Waals surface area contributed by atoms with Crippen LogP contribution in [0.1, 0.15) is 303 Å². The molecule has 0 amide bonds. The Hall–Kier alpha value is -4.45. The number of hydrogen-bond donors (Lipinski definition) is 0. The van der Waals surface area contributed by atoms with Crippen LogP contribution in [-0.4, -0.2) is 37.2 Å². The van der Waals surface area contributed by atoms with E-state index in [-0.39, 0.29) is 31.1 Å². The predicted molar refractivity (Wildman–Crippen MR) is 353 cm³/mol. The van der Waals surface area contributed by atoms with Crippen LogP contribution in [0, 0.1) is 0 Å². The predicted octanol–water partition coefficient (Wildman–Crippen LogP) is 23.3. The Kier molecular flexibility index (Phi) is 64.3. The summed E-state index contributed by atoms with van der Waals surface area (Å²) in [5, 5.41) is 0. The Bertz CT molecular complexity index is 1720. The van der Waals surface area contributed by atoms with E-state index in [1.54, 1.807) is 0 Å². The summed E-state index contributed by atoms with van der Waals surface area (Å²) in [5.41, 5.74) is 0. The number of unbranched alkanes of at least 4 members (excludes halogenated alkanes) is 27. The standard InChI is InChI=1S/C75H124O6/c1-4-7-10-13-16-19-22-25-28-31-34-36-37-39-41-44-47-50-53-56-59-62-65-68-74(77)80-71-72(70-79-73(76)67-64-61-58-55-52-49-46-43-40-33-30-27-24-21-18-15-12-9-6-3)81-75(78)69-66-63-60-57-54-51-48-45-42-38-35-32-29-26-23-20-17-14-11-8-5-2/h7-8,10-11,16-17,19-20,25-26,28-29,34-36,38-39,41,45,47-48,50,72H,4-6,9,12-15,18,21-24,27,30-33,37,40,42-44,46,49,51-71H2,1-3H3/b10-7-,11-8-,19-16-,20-17-,28-25-,29-26-,36-34-,38-35-,41-39-,48-45-,50-47-. The fourth-order valence-electron chi connectivity index (χ4n) is 9.18. The van der Waals surface area contributed by atoms with E-state index in [4.69, 9.17) is 14.2 Å². The monoisotopic (exact) mass is 1120 g/mol. The number of carbonyl (C=O) groups is 3. The smallest absolute Gasteiger partial charge is 0.306 e. The maximum atomic E-state index is 12.9. The minimum atomic E-state index is -0.805. The van der Waals surface area contributed by atoms with Crippen molar-refractivity contribution in [1.82, 2.24) is 0 Å². The van der Waals surface area contributed by atoms with E-state index in [1.165, 1.54) is 103 Å². The number of rotatable bonds is 60. The van der Waals surface area contributed by atoms with Gasteiger partial charge in [0, 0.05) is 19.3 Å². The molecule has 1 atom stereocenters. The van der Waals surface area contributed by atoms with E-state index in [0.29, 0.717) is 19.3 Å². The molecule has 0 heterocycles. The minimum Gasteiger partial charge on any atom is -0.462 e. The Morgan fingerprint density at radius 2 is 0.481 bits per heavy atom. The lowest BCUT2D eigenvalue weighted by Crippen LogP contribution is -2.30. The highest BCUT2D eigenvalue weighted by atomic mass is 16.6. The Morgan fingerprint density at radius 3 is 0.753 bits per heavy atom. The molecule has 0 aliphatic carbocycles. The Labute approximate surface area is 500 Å². The van der Waals surface area contributed by atoms with E-state index in [0.717, 1.165) is 161 Å². The summed E-state index contributed by atoms with van der Waals surface area (Å²) < 4.78 is 16.9. The Morgan fingerprint density at radius 1 is 0.259 bits per heavy atom. The van der Waals surface area contributed by atoms with Crippen molar-refractivity contribution in [3.63, 3.8) is 0 Å². The topological polar surface area (TPSA) is 78.9 Å².